The number of nitrogens with one attached hydrogen (secondary N) is 2. The van der Waals surface area contributed by atoms with Crippen LogP contribution in [0.25, 0.3) is 5.95 Å². The summed E-state index contributed by atoms with van der Waals surface area (Å²) in [5.74, 6) is 1.20. The van der Waals surface area contributed by atoms with E-state index in [1.54, 1.807) is 37.5 Å². The molecule has 0 spiro atoms. The number of carbonyl (C=O) groups excluding carboxylic acids is 1. The molecule has 2 N–H and O–H groups in total. The summed E-state index contributed by atoms with van der Waals surface area (Å²) in [5, 5.41) is 10.0. The Morgan fingerprint density at radius 3 is 2.71 bits per heavy atom. The molecule has 1 aliphatic heterocycles. The van der Waals surface area contributed by atoms with E-state index in [0.29, 0.717) is 17.8 Å². The van der Waals surface area contributed by atoms with Crippen LogP contribution in [0.15, 0.2) is 18.5 Å². The van der Waals surface area contributed by atoms with Gasteiger partial charge in [0, 0.05) is 33.0 Å². The lowest BCUT2D eigenvalue weighted by atomic mass is 10.2. The van der Waals surface area contributed by atoms with E-state index in [4.69, 9.17) is 0 Å². The third kappa shape index (κ3) is 2.62. The van der Waals surface area contributed by atoms with E-state index in [1.807, 2.05) is 0 Å². The summed E-state index contributed by atoms with van der Waals surface area (Å²) in [6, 6.07) is 1.48. The Morgan fingerprint density at radius 2 is 2.10 bits per heavy atom. The molecule has 1 saturated heterocycles. The molecule has 0 bridgehead atoms. The molecule has 9 heteroatoms. The molecule has 0 aromatic carbocycles. The fourth-order valence-electron chi connectivity index (χ4n) is 2.14. The molecule has 2 aromatic heterocycles. The van der Waals surface area contributed by atoms with Crippen molar-refractivity contribution in [2.75, 3.05) is 31.3 Å². The van der Waals surface area contributed by atoms with Gasteiger partial charge in [0.05, 0.1) is 0 Å². The highest BCUT2D eigenvalue weighted by atomic mass is 16.2. The second-order valence-corrected chi connectivity index (χ2v) is 4.73. The van der Waals surface area contributed by atoms with Crippen LogP contribution in [0, 0.1) is 0 Å². The molecule has 3 rings (SSSR count). The number of amides is 1. The molecule has 1 aliphatic rings. The van der Waals surface area contributed by atoms with E-state index in [9.17, 15) is 4.79 Å². The van der Waals surface area contributed by atoms with Gasteiger partial charge >= 0.3 is 0 Å². The highest BCUT2D eigenvalue weighted by molar-refractivity contribution is 5.86. The molecular formula is C12H16N8O. The van der Waals surface area contributed by atoms with Crippen LogP contribution in [0.5, 0.6) is 0 Å². The van der Waals surface area contributed by atoms with Crippen molar-refractivity contribution in [3.05, 3.63) is 18.5 Å². The summed E-state index contributed by atoms with van der Waals surface area (Å²) < 4.78 is 1.54. The lowest BCUT2D eigenvalue weighted by Gasteiger charge is -2.13. The highest BCUT2D eigenvalue weighted by Gasteiger charge is 2.29. The van der Waals surface area contributed by atoms with Crippen LogP contribution < -0.4 is 10.6 Å². The van der Waals surface area contributed by atoms with Crippen LogP contribution in [-0.2, 0) is 4.79 Å². The zero-order valence-corrected chi connectivity index (χ0v) is 11.8. The number of likely N-dealkylation sites (N-methyl/N-ethyl adjacent to an activating group) is 1. The molecule has 0 saturated carbocycles. The smallest absolute Gasteiger partial charge is 0.257 e. The lowest BCUT2D eigenvalue weighted by molar-refractivity contribution is -0.127. The fraction of sp³-hybridized carbons (Fsp3) is 0.417. The molecule has 1 fully saturated rings. The van der Waals surface area contributed by atoms with Gasteiger partial charge in [-0.05, 0) is 12.5 Å². The molecule has 9 nitrogen and oxygen atoms in total. The van der Waals surface area contributed by atoms with Gasteiger partial charge in [-0.3, -0.25) is 4.79 Å². The number of hydrogen-bond acceptors (Lipinski definition) is 7. The Bertz CT molecular complexity index is 641. The minimum atomic E-state index is -0.299. The maximum absolute atomic E-state index is 11.9. The molecule has 1 unspecified atom stereocenters. The van der Waals surface area contributed by atoms with Crippen LogP contribution in [0.1, 0.15) is 6.42 Å². The van der Waals surface area contributed by atoms with Gasteiger partial charge in [-0.2, -0.15) is 20.1 Å². The number of nitrogens with zero attached hydrogens (tertiary/aromatic N) is 6. The molecule has 1 amide bonds. The van der Waals surface area contributed by atoms with E-state index in [0.717, 1.165) is 13.0 Å². The van der Waals surface area contributed by atoms with Gasteiger partial charge in [0.15, 0.2) is 0 Å². The van der Waals surface area contributed by atoms with Gasteiger partial charge in [0.2, 0.25) is 17.8 Å². The van der Waals surface area contributed by atoms with Crippen LogP contribution in [0.4, 0.5) is 11.9 Å². The first kappa shape index (κ1) is 13.3. The second kappa shape index (κ2) is 5.35. The quantitative estimate of drug-likeness (QED) is 0.799. The molecule has 21 heavy (non-hydrogen) atoms. The summed E-state index contributed by atoms with van der Waals surface area (Å²) in [4.78, 5) is 26.4. The van der Waals surface area contributed by atoms with E-state index < -0.39 is 0 Å². The van der Waals surface area contributed by atoms with Crippen LogP contribution in [0.3, 0.4) is 0 Å². The minimum Gasteiger partial charge on any atom is -0.357 e. The van der Waals surface area contributed by atoms with E-state index in [2.05, 4.69) is 30.7 Å². The van der Waals surface area contributed by atoms with Gasteiger partial charge in [0.25, 0.3) is 5.95 Å². The Balaban J connectivity index is 1.88. The summed E-state index contributed by atoms with van der Waals surface area (Å²) in [5.41, 5.74) is 0. The SMILES string of the molecule is CNc1nc(NC2CCN(C)C2=O)nc(-n2cccn2)n1. The van der Waals surface area contributed by atoms with Gasteiger partial charge in [0.1, 0.15) is 6.04 Å². The second-order valence-electron chi connectivity index (χ2n) is 4.73. The monoisotopic (exact) mass is 288 g/mol. The zero-order valence-electron chi connectivity index (χ0n) is 11.8. The first-order valence-corrected chi connectivity index (χ1v) is 6.63. The van der Waals surface area contributed by atoms with Crippen molar-refractivity contribution in [3.63, 3.8) is 0 Å². The van der Waals surface area contributed by atoms with Crippen molar-refractivity contribution in [2.24, 2.45) is 0 Å². The molecule has 2 aromatic rings. The number of likely N-dealkylation sites (tertiary alicyclic amines) is 1. The number of aromatic nitrogens is 5. The molecule has 110 valence electrons. The number of anilines is 2. The van der Waals surface area contributed by atoms with Crippen molar-refractivity contribution in [2.45, 2.75) is 12.5 Å². The molecular weight excluding hydrogens is 272 g/mol. The van der Waals surface area contributed by atoms with Gasteiger partial charge < -0.3 is 15.5 Å². The predicted molar refractivity (Wildman–Crippen MR) is 76.2 cm³/mol. The van der Waals surface area contributed by atoms with E-state index >= 15 is 0 Å². The largest absolute Gasteiger partial charge is 0.357 e. The molecule has 1 atom stereocenters. The molecule has 3 heterocycles. The van der Waals surface area contributed by atoms with Crippen molar-refractivity contribution in [1.82, 2.24) is 29.6 Å². The first-order chi connectivity index (χ1) is 10.2. The third-order valence-electron chi connectivity index (χ3n) is 3.29. The van der Waals surface area contributed by atoms with Gasteiger partial charge in [-0.1, -0.05) is 0 Å². The summed E-state index contributed by atoms with van der Waals surface area (Å²) >= 11 is 0. The van der Waals surface area contributed by atoms with Crippen LogP contribution in [0.2, 0.25) is 0 Å². The van der Waals surface area contributed by atoms with E-state index in [-0.39, 0.29) is 11.9 Å². The molecule has 0 aliphatic carbocycles. The topological polar surface area (TPSA) is 101 Å². The Labute approximate surface area is 121 Å². The van der Waals surface area contributed by atoms with Crippen LogP contribution in [-0.4, -0.2) is 62.2 Å². The highest BCUT2D eigenvalue weighted by Crippen LogP contribution is 2.15. The fourth-order valence-corrected chi connectivity index (χ4v) is 2.14. The van der Waals surface area contributed by atoms with Gasteiger partial charge in [-0.15, -0.1) is 0 Å². The van der Waals surface area contributed by atoms with Crippen molar-refractivity contribution in [1.29, 1.82) is 0 Å². The van der Waals surface area contributed by atoms with Crippen LogP contribution >= 0.6 is 0 Å². The predicted octanol–water partition coefficient (Wildman–Crippen LogP) is -0.258. The Kier molecular flexibility index (Phi) is 3.38. The standard InChI is InChI=1S/C12H16N8O/c1-13-10-16-11(15-8-4-7-19(2)9(8)21)18-12(17-10)20-6-3-5-14-20/h3,5-6,8H,4,7H2,1-2H3,(H2,13,15,16,17,18). The summed E-state index contributed by atoms with van der Waals surface area (Å²) in [6.45, 7) is 0.729. The van der Waals surface area contributed by atoms with Gasteiger partial charge in [-0.25, -0.2) is 4.68 Å². The summed E-state index contributed by atoms with van der Waals surface area (Å²) in [7, 11) is 3.51. The Hall–Kier alpha value is -2.71. The van der Waals surface area contributed by atoms with Crippen molar-refractivity contribution in [3.8, 4) is 5.95 Å². The zero-order chi connectivity index (χ0) is 14.8. The normalized spacial score (nSPS) is 18.1. The summed E-state index contributed by atoms with van der Waals surface area (Å²) in [6.07, 6.45) is 4.12. The number of hydrogen-bond donors (Lipinski definition) is 2. The minimum absolute atomic E-state index is 0.0436. The lowest BCUT2D eigenvalue weighted by Crippen LogP contribution is -2.31. The van der Waals surface area contributed by atoms with Crippen molar-refractivity contribution >= 4 is 17.8 Å². The molecule has 0 radical (unpaired) electrons. The average molecular weight is 288 g/mol. The number of rotatable bonds is 4. The number of carbonyl (C=O) groups is 1. The average Bonchev–Trinajstić information content (AvgIpc) is 3.13. The Morgan fingerprint density at radius 1 is 1.29 bits per heavy atom. The maximum Gasteiger partial charge on any atom is 0.257 e. The third-order valence-corrected chi connectivity index (χ3v) is 3.29. The first-order valence-electron chi connectivity index (χ1n) is 6.63. The maximum atomic E-state index is 11.9. The van der Waals surface area contributed by atoms with Crippen molar-refractivity contribution < 1.29 is 4.79 Å². The van der Waals surface area contributed by atoms with E-state index in [1.165, 1.54) is 4.68 Å².